The van der Waals surface area contributed by atoms with Crippen LogP contribution >= 0.6 is 22.9 Å². The number of rotatable bonds is 6. The Balaban J connectivity index is 1.61. The molecule has 26 heavy (non-hydrogen) atoms. The van der Waals surface area contributed by atoms with Gasteiger partial charge in [-0.05, 0) is 44.2 Å². The lowest BCUT2D eigenvalue weighted by atomic mass is 10.2. The highest BCUT2D eigenvalue weighted by Gasteiger charge is 2.11. The van der Waals surface area contributed by atoms with E-state index in [4.69, 9.17) is 16.3 Å². The number of carbonyl (C=O) groups is 1. The summed E-state index contributed by atoms with van der Waals surface area (Å²) >= 11 is 7.68. The minimum atomic E-state index is -0.112. The molecule has 1 heterocycles. The number of amides is 1. The van der Waals surface area contributed by atoms with Crippen LogP contribution < -0.4 is 10.1 Å². The molecule has 1 aromatic heterocycles. The third-order valence-electron chi connectivity index (χ3n) is 3.51. The van der Waals surface area contributed by atoms with Gasteiger partial charge in [-0.1, -0.05) is 29.8 Å². The molecule has 3 rings (SSSR count). The van der Waals surface area contributed by atoms with Gasteiger partial charge in [0.1, 0.15) is 10.8 Å². The van der Waals surface area contributed by atoms with E-state index in [9.17, 15) is 4.79 Å². The van der Waals surface area contributed by atoms with Gasteiger partial charge >= 0.3 is 0 Å². The maximum Gasteiger partial charge on any atom is 0.230 e. The molecule has 0 saturated heterocycles. The summed E-state index contributed by atoms with van der Waals surface area (Å²) in [4.78, 5) is 16.8. The van der Waals surface area contributed by atoms with Crippen LogP contribution in [0.1, 0.15) is 19.5 Å². The Morgan fingerprint density at radius 1 is 1.19 bits per heavy atom. The summed E-state index contributed by atoms with van der Waals surface area (Å²) < 4.78 is 5.59. The molecular weight excluding hydrogens is 368 g/mol. The fourth-order valence-electron chi connectivity index (χ4n) is 2.41. The van der Waals surface area contributed by atoms with E-state index in [0.717, 1.165) is 27.7 Å². The summed E-state index contributed by atoms with van der Waals surface area (Å²) in [6.45, 7) is 3.95. The zero-order valence-corrected chi connectivity index (χ0v) is 16.1. The number of aromatic nitrogens is 1. The lowest BCUT2D eigenvalue weighted by Crippen LogP contribution is -2.14. The van der Waals surface area contributed by atoms with Gasteiger partial charge in [0.05, 0.1) is 23.2 Å². The van der Waals surface area contributed by atoms with E-state index in [2.05, 4.69) is 10.3 Å². The number of thiazole rings is 1. The Bertz CT molecular complexity index is 891. The first-order valence-electron chi connectivity index (χ1n) is 8.27. The molecule has 0 aliphatic heterocycles. The number of halogens is 1. The smallest absolute Gasteiger partial charge is 0.230 e. The highest BCUT2D eigenvalue weighted by molar-refractivity contribution is 7.13. The molecule has 134 valence electrons. The lowest BCUT2D eigenvalue weighted by Gasteiger charge is -2.10. The molecule has 0 radical (unpaired) electrons. The van der Waals surface area contributed by atoms with Crippen LogP contribution in [0, 0.1) is 0 Å². The van der Waals surface area contributed by atoms with Gasteiger partial charge in [0.15, 0.2) is 0 Å². The number of hydrogen-bond donors (Lipinski definition) is 1. The van der Waals surface area contributed by atoms with Gasteiger partial charge in [-0.3, -0.25) is 4.79 Å². The SMILES string of the molecule is CC(C)Oc1ccc(NC(=O)Cc2csc(-c3ccccc3Cl)n2)cc1. The first-order valence-corrected chi connectivity index (χ1v) is 9.53. The molecule has 0 atom stereocenters. The maximum atomic E-state index is 12.3. The minimum absolute atomic E-state index is 0.112. The van der Waals surface area contributed by atoms with Crippen molar-refractivity contribution in [3.05, 3.63) is 64.6 Å². The molecule has 0 aliphatic carbocycles. The largest absolute Gasteiger partial charge is 0.491 e. The molecule has 0 unspecified atom stereocenters. The number of hydrogen-bond acceptors (Lipinski definition) is 4. The van der Waals surface area contributed by atoms with E-state index in [0.29, 0.717) is 5.02 Å². The minimum Gasteiger partial charge on any atom is -0.491 e. The van der Waals surface area contributed by atoms with E-state index in [1.54, 1.807) is 0 Å². The summed E-state index contributed by atoms with van der Waals surface area (Å²) in [6, 6.07) is 14.9. The molecule has 0 spiro atoms. The number of anilines is 1. The third kappa shape index (κ3) is 4.84. The van der Waals surface area contributed by atoms with Crippen LogP contribution in [0.3, 0.4) is 0 Å². The van der Waals surface area contributed by atoms with Crippen molar-refractivity contribution in [1.29, 1.82) is 0 Å². The average molecular weight is 387 g/mol. The number of ether oxygens (including phenoxy) is 1. The lowest BCUT2D eigenvalue weighted by molar-refractivity contribution is -0.115. The first-order chi connectivity index (χ1) is 12.5. The van der Waals surface area contributed by atoms with Crippen molar-refractivity contribution < 1.29 is 9.53 Å². The highest BCUT2D eigenvalue weighted by Crippen LogP contribution is 2.30. The van der Waals surface area contributed by atoms with Gasteiger partial charge in [-0.25, -0.2) is 4.98 Å². The second-order valence-corrected chi connectivity index (χ2v) is 7.31. The molecule has 1 amide bonds. The second-order valence-electron chi connectivity index (χ2n) is 6.04. The first kappa shape index (κ1) is 18.4. The normalized spacial score (nSPS) is 10.8. The van der Waals surface area contributed by atoms with E-state index in [1.807, 2.05) is 67.8 Å². The molecule has 2 aromatic carbocycles. The summed E-state index contributed by atoms with van der Waals surface area (Å²) in [7, 11) is 0. The van der Waals surface area contributed by atoms with Gasteiger partial charge in [0, 0.05) is 16.6 Å². The molecule has 1 N–H and O–H groups in total. The van der Waals surface area contributed by atoms with Gasteiger partial charge in [0.2, 0.25) is 5.91 Å². The van der Waals surface area contributed by atoms with E-state index < -0.39 is 0 Å². The van der Waals surface area contributed by atoms with Crippen molar-refractivity contribution in [2.75, 3.05) is 5.32 Å². The third-order valence-corrected chi connectivity index (χ3v) is 4.76. The predicted molar refractivity (Wildman–Crippen MR) is 107 cm³/mol. The monoisotopic (exact) mass is 386 g/mol. The van der Waals surface area contributed by atoms with Crippen molar-refractivity contribution in [2.45, 2.75) is 26.4 Å². The Hall–Kier alpha value is -2.37. The fourth-order valence-corrected chi connectivity index (χ4v) is 3.55. The summed E-state index contributed by atoms with van der Waals surface area (Å²) in [6.07, 6.45) is 0.331. The van der Waals surface area contributed by atoms with Gasteiger partial charge < -0.3 is 10.1 Å². The number of carbonyl (C=O) groups excluding carboxylic acids is 1. The van der Waals surface area contributed by atoms with Gasteiger partial charge in [-0.15, -0.1) is 11.3 Å². The number of nitrogens with zero attached hydrogens (tertiary/aromatic N) is 1. The predicted octanol–water partition coefficient (Wildman–Crippen LogP) is 5.43. The van der Waals surface area contributed by atoms with Gasteiger partial charge in [0.25, 0.3) is 0 Å². The summed E-state index contributed by atoms with van der Waals surface area (Å²) in [5.41, 5.74) is 2.33. The van der Waals surface area contributed by atoms with Crippen molar-refractivity contribution in [1.82, 2.24) is 4.98 Å². The summed E-state index contributed by atoms with van der Waals surface area (Å²) in [5, 5.41) is 6.23. The van der Waals surface area contributed by atoms with Crippen LogP contribution in [0.4, 0.5) is 5.69 Å². The van der Waals surface area contributed by atoms with E-state index in [1.165, 1.54) is 11.3 Å². The molecular formula is C20H19ClN2O2S. The molecule has 6 heteroatoms. The van der Waals surface area contributed by atoms with Crippen molar-refractivity contribution in [3.8, 4) is 16.3 Å². The standard InChI is InChI=1S/C20H19ClN2O2S/c1-13(2)25-16-9-7-14(8-10-16)22-19(24)11-15-12-26-20(23-15)17-5-3-4-6-18(17)21/h3-10,12-13H,11H2,1-2H3,(H,22,24). The zero-order valence-electron chi connectivity index (χ0n) is 14.5. The fraction of sp³-hybridized carbons (Fsp3) is 0.200. The van der Waals surface area contributed by atoms with Gasteiger partial charge in [-0.2, -0.15) is 0 Å². The van der Waals surface area contributed by atoms with Crippen LogP contribution in [0.25, 0.3) is 10.6 Å². The molecule has 0 saturated carbocycles. The maximum absolute atomic E-state index is 12.3. The average Bonchev–Trinajstić information content (AvgIpc) is 3.04. The highest BCUT2D eigenvalue weighted by atomic mass is 35.5. The quantitative estimate of drug-likeness (QED) is 0.614. The van der Waals surface area contributed by atoms with Crippen molar-refractivity contribution in [3.63, 3.8) is 0 Å². The van der Waals surface area contributed by atoms with Crippen molar-refractivity contribution >= 4 is 34.5 Å². The second kappa shape index (κ2) is 8.34. The Labute approximate surface area is 161 Å². The van der Waals surface area contributed by atoms with E-state index in [-0.39, 0.29) is 18.4 Å². The van der Waals surface area contributed by atoms with Crippen LogP contribution in [-0.2, 0) is 11.2 Å². The summed E-state index contributed by atoms with van der Waals surface area (Å²) in [5.74, 6) is 0.667. The van der Waals surface area contributed by atoms with Crippen LogP contribution in [0.15, 0.2) is 53.9 Å². The topological polar surface area (TPSA) is 51.2 Å². The van der Waals surface area contributed by atoms with Crippen LogP contribution in [0.5, 0.6) is 5.75 Å². The molecule has 3 aromatic rings. The van der Waals surface area contributed by atoms with E-state index >= 15 is 0 Å². The molecule has 0 fully saturated rings. The molecule has 0 bridgehead atoms. The van der Waals surface area contributed by atoms with Crippen LogP contribution in [0.2, 0.25) is 5.02 Å². The van der Waals surface area contributed by atoms with Crippen molar-refractivity contribution in [2.24, 2.45) is 0 Å². The Kier molecular flexibility index (Phi) is 5.91. The van der Waals surface area contributed by atoms with Crippen LogP contribution in [-0.4, -0.2) is 17.0 Å². The number of nitrogens with one attached hydrogen (secondary N) is 1. The Morgan fingerprint density at radius 3 is 2.62 bits per heavy atom. The zero-order chi connectivity index (χ0) is 18.5. The molecule has 4 nitrogen and oxygen atoms in total. The molecule has 0 aliphatic rings. The number of benzene rings is 2. The Morgan fingerprint density at radius 2 is 1.92 bits per heavy atom.